The highest BCUT2D eigenvalue weighted by molar-refractivity contribution is 9.10. The van der Waals surface area contributed by atoms with Crippen molar-refractivity contribution in [3.63, 3.8) is 0 Å². The SMILES string of the molecule is CC(CSCc1nnc(-c2ccc(Br)o2)o1)C(=O)O. The lowest BCUT2D eigenvalue weighted by molar-refractivity contribution is -0.140. The third-order valence-corrected chi connectivity index (χ3v) is 3.88. The fourth-order valence-electron chi connectivity index (χ4n) is 1.24. The number of thioether (sulfide) groups is 1. The van der Waals surface area contributed by atoms with Gasteiger partial charge in [0.1, 0.15) is 0 Å². The number of aliphatic carboxylic acids is 1. The number of nitrogens with zero attached hydrogens (tertiary/aromatic N) is 2. The largest absolute Gasteiger partial charge is 0.481 e. The molecular weight excluding hydrogens is 336 g/mol. The number of aromatic nitrogens is 2. The van der Waals surface area contributed by atoms with Crippen LogP contribution in [-0.4, -0.2) is 27.0 Å². The summed E-state index contributed by atoms with van der Waals surface area (Å²) in [5, 5.41) is 16.5. The van der Waals surface area contributed by atoms with Crippen LogP contribution in [0.5, 0.6) is 0 Å². The molecule has 102 valence electrons. The quantitative estimate of drug-likeness (QED) is 0.859. The Kier molecular flexibility index (Phi) is 4.65. The zero-order chi connectivity index (χ0) is 13.8. The number of carbonyl (C=O) groups is 1. The molecule has 2 rings (SSSR count). The molecule has 0 bridgehead atoms. The van der Waals surface area contributed by atoms with E-state index < -0.39 is 11.9 Å². The van der Waals surface area contributed by atoms with Gasteiger partial charge >= 0.3 is 5.97 Å². The normalized spacial score (nSPS) is 12.5. The molecule has 8 heteroatoms. The molecule has 0 aliphatic rings. The maximum Gasteiger partial charge on any atom is 0.307 e. The van der Waals surface area contributed by atoms with Crippen molar-refractivity contribution in [2.75, 3.05) is 5.75 Å². The first-order valence-electron chi connectivity index (χ1n) is 5.45. The topological polar surface area (TPSA) is 89.4 Å². The predicted molar refractivity (Wildman–Crippen MR) is 72.7 cm³/mol. The maximum atomic E-state index is 10.7. The Morgan fingerprint density at radius 3 is 2.89 bits per heavy atom. The molecule has 0 aliphatic carbocycles. The summed E-state index contributed by atoms with van der Waals surface area (Å²) in [6.07, 6.45) is 0. The zero-order valence-corrected chi connectivity index (χ0v) is 12.4. The third kappa shape index (κ3) is 3.84. The third-order valence-electron chi connectivity index (χ3n) is 2.27. The molecule has 1 atom stereocenters. The van der Waals surface area contributed by atoms with Gasteiger partial charge in [0.15, 0.2) is 10.4 Å². The van der Waals surface area contributed by atoms with Gasteiger partial charge in [0.05, 0.1) is 11.7 Å². The Morgan fingerprint density at radius 2 is 2.26 bits per heavy atom. The zero-order valence-electron chi connectivity index (χ0n) is 10.00. The number of rotatable bonds is 6. The molecule has 0 fully saturated rings. The van der Waals surface area contributed by atoms with Crippen molar-refractivity contribution in [3.8, 4) is 11.7 Å². The van der Waals surface area contributed by atoms with E-state index in [1.165, 1.54) is 11.8 Å². The Bertz CT molecular complexity index is 569. The molecule has 6 nitrogen and oxygen atoms in total. The highest BCUT2D eigenvalue weighted by atomic mass is 79.9. The Labute approximate surface area is 121 Å². The standard InChI is InChI=1S/C11H11BrN2O4S/c1-6(11(15)16)4-19-5-9-13-14-10(18-9)7-2-3-8(12)17-7/h2-3,6H,4-5H2,1H3,(H,15,16). The van der Waals surface area contributed by atoms with Crippen LogP contribution in [0.4, 0.5) is 0 Å². The van der Waals surface area contributed by atoms with Gasteiger partial charge in [-0.05, 0) is 28.1 Å². The smallest absolute Gasteiger partial charge is 0.307 e. The van der Waals surface area contributed by atoms with Gasteiger partial charge in [-0.2, -0.15) is 11.8 Å². The highest BCUT2D eigenvalue weighted by Gasteiger charge is 2.14. The second-order valence-electron chi connectivity index (χ2n) is 3.86. The van der Waals surface area contributed by atoms with Gasteiger partial charge in [-0.1, -0.05) is 6.92 Å². The van der Waals surface area contributed by atoms with Crippen LogP contribution >= 0.6 is 27.7 Å². The summed E-state index contributed by atoms with van der Waals surface area (Å²) in [6.45, 7) is 1.66. The minimum Gasteiger partial charge on any atom is -0.481 e. The van der Waals surface area contributed by atoms with Crippen LogP contribution in [0.2, 0.25) is 0 Å². The lowest BCUT2D eigenvalue weighted by Crippen LogP contribution is -2.11. The van der Waals surface area contributed by atoms with Crippen molar-refractivity contribution >= 4 is 33.7 Å². The molecule has 0 amide bonds. The second-order valence-corrected chi connectivity index (χ2v) is 5.67. The summed E-state index contributed by atoms with van der Waals surface area (Å²) >= 11 is 4.63. The van der Waals surface area contributed by atoms with Gasteiger partial charge in [-0.15, -0.1) is 10.2 Å². The van der Waals surface area contributed by atoms with Crippen LogP contribution in [0.3, 0.4) is 0 Å². The highest BCUT2D eigenvalue weighted by Crippen LogP contribution is 2.25. The fourth-order valence-corrected chi connectivity index (χ4v) is 2.45. The predicted octanol–water partition coefficient (Wildman–Crippen LogP) is 3.05. The number of halogens is 1. The first kappa shape index (κ1) is 14.1. The molecule has 1 N–H and O–H groups in total. The molecule has 0 radical (unpaired) electrons. The lowest BCUT2D eigenvalue weighted by Gasteiger charge is -2.02. The van der Waals surface area contributed by atoms with Gasteiger partial charge < -0.3 is 13.9 Å². The average molecular weight is 347 g/mol. The molecule has 2 aromatic heterocycles. The summed E-state index contributed by atoms with van der Waals surface area (Å²) in [6, 6.07) is 3.46. The van der Waals surface area contributed by atoms with E-state index in [0.717, 1.165) is 0 Å². The summed E-state index contributed by atoms with van der Waals surface area (Å²) in [7, 11) is 0. The number of carboxylic acids is 1. The molecule has 0 saturated carbocycles. The summed E-state index contributed by atoms with van der Waals surface area (Å²) in [5.41, 5.74) is 0. The van der Waals surface area contributed by atoms with Gasteiger partial charge in [-0.3, -0.25) is 4.79 Å². The van der Waals surface area contributed by atoms with E-state index in [1.54, 1.807) is 19.1 Å². The van der Waals surface area contributed by atoms with Crippen LogP contribution in [-0.2, 0) is 10.5 Å². The van der Waals surface area contributed by atoms with Crippen molar-refractivity contribution in [2.24, 2.45) is 5.92 Å². The fraction of sp³-hybridized carbons (Fsp3) is 0.364. The number of carboxylic acid groups (broad SMARTS) is 1. The molecular formula is C11H11BrN2O4S. The van der Waals surface area contributed by atoms with Gasteiger partial charge in [-0.25, -0.2) is 0 Å². The summed E-state index contributed by atoms with van der Waals surface area (Å²) < 4.78 is 11.3. The van der Waals surface area contributed by atoms with E-state index in [0.29, 0.717) is 33.7 Å². The van der Waals surface area contributed by atoms with Crippen LogP contribution in [0.25, 0.3) is 11.7 Å². The molecule has 1 unspecified atom stereocenters. The minimum absolute atomic E-state index is 0.313. The molecule has 0 aromatic carbocycles. The van der Waals surface area contributed by atoms with Crippen LogP contribution in [0.1, 0.15) is 12.8 Å². The van der Waals surface area contributed by atoms with Gasteiger partial charge in [0.25, 0.3) is 5.89 Å². The van der Waals surface area contributed by atoms with E-state index in [4.69, 9.17) is 13.9 Å². The molecule has 19 heavy (non-hydrogen) atoms. The Balaban J connectivity index is 1.89. The van der Waals surface area contributed by atoms with Crippen LogP contribution in [0, 0.1) is 5.92 Å². The lowest BCUT2D eigenvalue weighted by atomic mass is 10.2. The van der Waals surface area contributed by atoms with E-state index >= 15 is 0 Å². The minimum atomic E-state index is -0.806. The van der Waals surface area contributed by atoms with Crippen molar-refractivity contribution < 1.29 is 18.7 Å². The Hall–Kier alpha value is -1.28. The maximum absolute atomic E-state index is 10.7. The monoisotopic (exact) mass is 346 g/mol. The summed E-state index contributed by atoms with van der Waals surface area (Å²) in [4.78, 5) is 10.7. The van der Waals surface area contributed by atoms with Crippen molar-refractivity contribution in [1.82, 2.24) is 10.2 Å². The number of hydrogen-bond donors (Lipinski definition) is 1. The van der Waals surface area contributed by atoms with Crippen molar-refractivity contribution in [3.05, 3.63) is 22.7 Å². The van der Waals surface area contributed by atoms with Gasteiger partial charge in [0, 0.05) is 5.75 Å². The molecule has 0 saturated heterocycles. The summed E-state index contributed by atoms with van der Waals surface area (Å²) in [5.74, 6) is 1.03. The first-order valence-corrected chi connectivity index (χ1v) is 7.39. The molecule has 2 heterocycles. The molecule has 2 aromatic rings. The molecule has 0 aliphatic heterocycles. The van der Waals surface area contributed by atoms with Gasteiger partial charge in [0.2, 0.25) is 5.89 Å². The second kappa shape index (κ2) is 6.25. The van der Waals surface area contributed by atoms with Crippen molar-refractivity contribution in [1.29, 1.82) is 0 Å². The van der Waals surface area contributed by atoms with E-state index in [9.17, 15) is 4.79 Å². The first-order chi connectivity index (χ1) is 9.06. The van der Waals surface area contributed by atoms with E-state index in [2.05, 4.69) is 26.1 Å². The van der Waals surface area contributed by atoms with E-state index in [-0.39, 0.29) is 0 Å². The average Bonchev–Trinajstić information content (AvgIpc) is 2.97. The van der Waals surface area contributed by atoms with Crippen LogP contribution in [0.15, 0.2) is 25.6 Å². The molecule has 0 spiro atoms. The number of furan rings is 1. The van der Waals surface area contributed by atoms with E-state index in [1.807, 2.05) is 0 Å². The Morgan fingerprint density at radius 1 is 1.47 bits per heavy atom. The van der Waals surface area contributed by atoms with Crippen molar-refractivity contribution in [2.45, 2.75) is 12.7 Å². The number of hydrogen-bond acceptors (Lipinski definition) is 6. The van der Waals surface area contributed by atoms with Crippen LogP contribution < -0.4 is 0 Å².